The molecule has 0 saturated heterocycles. The smallest absolute Gasteiger partial charge is 0.251 e. The molecule has 0 radical (unpaired) electrons. The summed E-state index contributed by atoms with van der Waals surface area (Å²) in [7, 11) is 0. The number of allylic oxidation sites excluding steroid dienone is 4. The number of benzene rings is 4. The Morgan fingerprint density at radius 2 is 1.08 bits per heavy atom. The molecule has 6 unspecified atom stereocenters. The number of pyridine rings is 2. The van der Waals surface area contributed by atoms with Crippen LogP contribution in [-0.4, -0.2) is 61.0 Å². The van der Waals surface area contributed by atoms with Crippen LogP contribution >= 0.6 is 23.2 Å². The van der Waals surface area contributed by atoms with Gasteiger partial charge in [-0.15, -0.1) is 10.2 Å². The molecule has 17 heteroatoms. The van der Waals surface area contributed by atoms with E-state index in [1.807, 2.05) is 47.2 Å². The lowest BCUT2D eigenvalue weighted by Gasteiger charge is -2.21. The van der Waals surface area contributed by atoms with E-state index in [0.29, 0.717) is 33.9 Å². The van der Waals surface area contributed by atoms with Crippen molar-refractivity contribution in [3.63, 3.8) is 0 Å². The summed E-state index contributed by atoms with van der Waals surface area (Å²) in [4.78, 5) is 36.6. The van der Waals surface area contributed by atoms with Crippen LogP contribution in [0.2, 0.25) is 10.0 Å². The van der Waals surface area contributed by atoms with Crippen molar-refractivity contribution in [1.29, 1.82) is 0 Å². The molecule has 0 bridgehead atoms. The van der Waals surface area contributed by atoms with E-state index >= 15 is 4.39 Å². The normalized spacial score (nSPS) is 22.7. The quantitative estimate of drug-likeness (QED) is 0.108. The molecule has 14 nitrogen and oxygen atoms in total. The second-order valence-corrected chi connectivity index (χ2v) is 23.2. The van der Waals surface area contributed by atoms with E-state index in [9.17, 15) is 9.59 Å². The van der Waals surface area contributed by atoms with E-state index in [1.165, 1.54) is 50.9 Å². The third-order valence-electron chi connectivity index (χ3n) is 17.5. The van der Waals surface area contributed by atoms with E-state index < -0.39 is 5.95 Å². The molecule has 390 valence electrons. The van der Waals surface area contributed by atoms with Gasteiger partial charge in [-0.3, -0.25) is 14.6 Å². The minimum absolute atomic E-state index is 0.00528. The highest BCUT2D eigenvalue weighted by molar-refractivity contribution is 6.31. The molecule has 16 rings (SSSR count). The number of halogens is 3. The third kappa shape index (κ3) is 8.26. The number of aromatic nitrogens is 10. The topological polar surface area (TPSA) is 156 Å². The Bertz CT molecular complexity index is 4230. The molecule has 8 aromatic rings. The second kappa shape index (κ2) is 18.4. The lowest BCUT2D eigenvalue weighted by atomic mass is 9.86. The van der Waals surface area contributed by atoms with Crippen molar-refractivity contribution < 1.29 is 4.39 Å². The summed E-state index contributed by atoms with van der Waals surface area (Å²) in [5.41, 5.74) is 20.3. The summed E-state index contributed by atoms with van der Waals surface area (Å²) in [6.45, 7) is 8.30. The highest BCUT2D eigenvalue weighted by Crippen LogP contribution is 2.63. The summed E-state index contributed by atoms with van der Waals surface area (Å²) in [6.07, 6.45) is 14.2. The lowest BCUT2D eigenvalue weighted by molar-refractivity contribution is 0.497. The van der Waals surface area contributed by atoms with Crippen LogP contribution in [0.5, 0.6) is 0 Å². The van der Waals surface area contributed by atoms with E-state index in [4.69, 9.17) is 28.2 Å². The van der Waals surface area contributed by atoms with E-state index in [-0.39, 0.29) is 35.0 Å². The van der Waals surface area contributed by atoms with Crippen molar-refractivity contribution >= 4 is 34.6 Å². The summed E-state index contributed by atoms with van der Waals surface area (Å²) >= 11 is 12.7. The fourth-order valence-corrected chi connectivity index (χ4v) is 13.9. The van der Waals surface area contributed by atoms with Crippen LogP contribution in [0.25, 0.3) is 33.6 Å². The maximum atomic E-state index is 15.5. The molecule has 8 heterocycles. The Labute approximate surface area is 462 Å². The number of nitrogens with zero attached hydrogens (tertiary/aromatic N) is 12. The van der Waals surface area contributed by atoms with E-state index in [2.05, 4.69) is 85.6 Å². The van der Waals surface area contributed by atoms with E-state index in [0.717, 1.165) is 120 Å². The molecule has 79 heavy (non-hydrogen) atoms. The zero-order valence-electron chi connectivity index (χ0n) is 42.7. The zero-order valence-corrected chi connectivity index (χ0v) is 44.2. The van der Waals surface area contributed by atoms with Crippen molar-refractivity contribution in [2.45, 2.75) is 88.1 Å². The van der Waals surface area contributed by atoms with Crippen LogP contribution in [-0.2, 0) is 25.7 Å². The molecule has 0 amide bonds. The highest BCUT2D eigenvalue weighted by Gasteiger charge is 2.56. The molecular weight excluding hydrogens is 1030 g/mol. The molecule has 8 aliphatic rings. The van der Waals surface area contributed by atoms with Crippen LogP contribution in [0.4, 0.5) is 4.39 Å². The molecule has 2 fully saturated rings. The molecule has 6 atom stereocenters. The van der Waals surface area contributed by atoms with Gasteiger partial charge in [0.2, 0.25) is 5.95 Å². The summed E-state index contributed by atoms with van der Waals surface area (Å²) in [6, 6.07) is 31.3. The van der Waals surface area contributed by atoms with Gasteiger partial charge in [0.25, 0.3) is 11.1 Å². The Hall–Kier alpha value is -8.27. The molecule has 4 aliphatic heterocycles. The third-order valence-corrected chi connectivity index (χ3v) is 18.0. The Morgan fingerprint density at radius 3 is 1.62 bits per heavy atom. The first kappa shape index (κ1) is 47.9. The van der Waals surface area contributed by atoms with Crippen molar-refractivity contribution in [3.8, 4) is 33.6 Å². The number of rotatable bonds is 8. The molecule has 4 aliphatic carbocycles. The molecule has 0 spiro atoms. The average molecular weight is 1080 g/mol. The Morgan fingerprint density at radius 1 is 0.544 bits per heavy atom. The van der Waals surface area contributed by atoms with Gasteiger partial charge in [0.1, 0.15) is 12.7 Å². The maximum absolute atomic E-state index is 15.5. The van der Waals surface area contributed by atoms with Gasteiger partial charge in [-0.2, -0.15) is 13.8 Å². The van der Waals surface area contributed by atoms with Crippen LogP contribution in [0, 0.1) is 11.8 Å². The second-order valence-electron chi connectivity index (χ2n) is 22.3. The van der Waals surface area contributed by atoms with Gasteiger partial charge in [-0.25, -0.2) is 4.99 Å². The maximum Gasteiger partial charge on any atom is 0.251 e. The highest BCUT2D eigenvalue weighted by atomic mass is 35.5. The number of hydrogen-bond acceptors (Lipinski definition) is 10. The van der Waals surface area contributed by atoms with Crippen molar-refractivity contribution in [2.75, 3.05) is 0 Å². The van der Waals surface area contributed by atoms with Crippen LogP contribution in [0.1, 0.15) is 107 Å². The monoisotopic (exact) mass is 1080 g/mol. The fourth-order valence-electron chi connectivity index (χ4n) is 13.6. The van der Waals surface area contributed by atoms with Crippen LogP contribution < -0.4 is 11.1 Å². The van der Waals surface area contributed by atoms with Gasteiger partial charge >= 0.3 is 0 Å². The summed E-state index contributed by atoms with van der Waals surface area (Å²) < 4.78 is 22.4. The fraction of sp³-hybridized carbons (Fsp3) is 0.258. The average Bonchev–Trinajstić information content (AvgIpc) is 2.45. The number of fused-ring (bicyclic) bond motifs is 8. The van der Waals surface area contributed by atoms with Crippen molar-refractivity contribution in [3.05, 3.63) is 233 Å². The molecule has 0 N–H and O–H groups in total. The van der Waals surface area contributed by atoms with E-state index in [1.54, 1.807) is 44.5 Å². The molecule has 4 aromatic carbocycles. The number of aliphatic imine (C=N–C) groups is 2. The predicted molar refractivity (Wildman–Crippen MR) is 301 cm³/mol. The first-order valence-electron chi connectivity index (χ1n) is 26.9. The summed E-state index contributed by atoms with van der Waals surface area (Å²) in [5, 5.41) is 24.2. The van der Waals surface area contributed by atoms with Gasteiger partial charge in [0.15, 0.2) is 0 Å². The lowest BCUT2D eigenvalue weighted by Crippen LogP contribution is -2.26. The van der Waals surface area contributed by atoms with Gasteiger partial charge < -0.3 is 9.13 Å². The van der Waals surface area contributed by atoms with Crippen molar-refractivity contribution in [2.24, 2.45) is 21.8 Å². The minimum atomic E-state index is -0.448. The number of tetrazole rings is 2. The standard InChI is InChI=1S/C31H24ClFN6O.C31H25ClN6O/c1-16-2-3-18-9-19(5-4-17(18)8-16)26-14-25(31(33)35-26)30-24-13-23(24)28-10-20(11-29(40)39(28)30)22-12-21(32)6-7-27(22)38-15-34-36-37-38;1-17-2-3-19-9-20(5-4-18(19)8-17)27-10-22(15-33-27)31-26-14-25(26)29-11-21(12-30(39)38(29)31)24-13-23(32)6-7-28(24)37-16-34-35-36-37/h4-7,9-12,15,23-24,30H,1-3,8,13-14H2;4-7,9,11-13,15-16,25-26,31H,1-3,8,10,14H2. The largest absolute Gasteiger partial charge is 0.305 e. The molecule has 2 saturated carbocycles. The summed E-state index contributed by atoms with van der Waals surface area (Å²) in [5.74, 6) is 0.804. The first-order valence-corrected chi connectivity index (χ1v) is 27.6. The number of hydrogen-bond donors (Lipinski definition) is 0. The number of aryl methyl sites for hydroxylation is 2. The van der Waals surface area contributed by atoms with Gasteiger partial charge in [-0.1, -0.05) is 71.8 Å². The zero-order chi connectivity index (χ0) is 53.4. The van der Waals surface area contributed by atoms with Crippen LogP contribution in [0.3, 0.4) is 0 Å². The van der Waals surface area contributed by atoms with Gasteiger partial charge in [-0.05, 0) is 195 Å². The van der Waals surface area contributed by atoms with Gasteiger partial charge in [0, 0.05) is 81.1 Å². The Balaban J connectivity index is 0.000000137. The first-order chi connectivity index (χ1) is 38.5. The minimum Gasteiger partial charge on any atom is -0.305 e. The molecule has 4 aromatic heterocycles. The Kier molecular flexibility index (Phi) is 11.2. The van der Waals surface area contributed by atoms with Crippen molar-refractivity contribution in [1.82, 2.24) is 49.5 Å². The van der Waals surface area contributed by atoms with Crippen LogP contribution in [0.15, 0.2) is 177 Å². The SMILES string of the molecule is C=C1CCc2cc(C3=NC(F)=C(C4C5CC5c5cc(-c6cc(Cl)ccc6-n6cnnn6)cc(=O)n54)C3)ccc2C1.C=C1CCc2cc(C3=NC=C(C4C5CC5c5cc(-c6cc(Cl)ccc6-n6cnnn6)cc(=O)n54)C3)ccc2C1. The molecular formula is C62H49Cl2FN12O2. The predicted octanol–water partition coefficient (Wildman–Crippen LogP) is 11.5. The van der Waals surface area contributed by atoms with Gasteiger partial charge in [0.05, 0.1) is 34.9 Å².